The lowest BCUT2D eigenvalue weighted by molar-refractivity contribution is -0.147. The smallest absolute Gasteiger partial charge is 0.309 e. The number of carbonyl (C=O) groups excluding carboxylic acids is 1. The molecule has 3 rings (SSSR count). The second-order valence-corrected chi connectivity index (χ2v) is 6.20. The van der Waals surface area contributed by atoms with Crippen molar-refractivity contribution in [2.24, 2.45) is 5.92 Å². The molecule has 1 aliphatic heterocycles. The third kappa shape index (κ3) is 3.33. The normalized spacial score (nSPS) is 19.6. The standard InChI is InChI=1S/C15H18N2O3S/c1-19-15(18)11-4-2-6-17(9-11)10-12-8-13(20-16-12)14-5-3-7-21-14/h3,5,7-8,11H,2,4,6,9-10H2,1H3/t11-/m0/s1. The van der Waals surface area contributed by atoms with E-state index in [-0.39, 0.29) is 11.9 Å². The van der Waals surface area contributed by atoms with Crippen molar-refractivity contribution < 1.29 is 14.1 Å². The molecule has 0 spiro atoms. The van der Waals surface area contributed by atoms with E-state index in [0.29, 0.717) is 6.54 Å². The summed E-state index contributed by atoms with van der Waals surface area (Å²) in [6.45, 7) is 2.42. The molecule has 5 nitrogen and oxygen atoms in total. The fourth-order valence-electron chi connectivity index (χ4n) is 2.71. The lowest BCUT2D eigenvalue weighted by Gasteiger charge is -2.30. The first-order valence-electron chi connectivity index (χ1n) is 7.06. The number of hydrogen-bond acceptors (Lipinski definition) is 6. The Hall–Kier alpha value is -1.66. The van der Waals surface area contributed by atoms with Gasteiger partial charge in [-0.2, -0.15) is 0 Å². The van der Waals surface area contributed by atoms with Crippen molar-refractivity contribution in [1.82, 2.24) is 10.1 Å². The number of likely N-dealkylation sites (tertiary alicyclic amines) is 1. The number of thiophene rings is 1. The van der Waals surface area contributed by atoms with Gasteiger partial charge in [-0.25, -0.2) is 0 Å². The number of aromatic nitrogens is 1. The molecule has 0 amide bonds. The van der Waals surface area contributed by atoms with Gasteiger partial charge in [0.1, 0.15) is 0 Å². The summed E-state index contributed by atoms with van der Waals surface area (Å²) in [5, 5.41) is 6.15. The first-order valence-corrected chi connectivity index (χ1v) is 7.94. The highest BCUT2D eigenvalue weighted by Crippen LogP contribution is 2.26. The maximum atomic E-state index is 11.6. The van der Waals surface area contributed by atoms with Crippen LogP contribution in [0.2, 0.25) is 0 Å². The predicted molar refractivity (Wildman–Crippen MR) is 79.8 cm³/mol. The molecule has 1 aliphatic rings. The van der Waals surface area contributed by atoms with Crippen LogP contribution in [0.1, 0.15) is 18.5 Å². The van der Waals surface area contributed by atoms with Gasteiger partial charge < -0.3 is 9.26 Å². The summed E-state index contributed by atoms with van der Waals surface area (Å²) in [5.74, 6) is 0.674. The molecule has 6 heteroatoms. The number of esters is 1. The molecular formula is C15H18N2O3S. The maximum Gasteiger partial charge on any atom is 0.309 e. The van der Waals surface area contributed by atoms with Crippen LogP contribution in [0.4, 0.5) is 0 Å². The summed E-state index contributed by atoms with van der Waals surface area (Å²) in [5.41, 5.74) is 0.906. The van der Waals surface area contributed by atoms with E-state index in [4.69, 9.17) is 9.26 Å². The van der Waals surface area contributed by atoms with Crippen LogP contribution in [0.25, 0.3) is 10.6 Å². The Morgan fingerprint density at radius 1 is 1.62 bits per heavy atom. The average Bonchev–Trinajstić information content (AvgIpc) is 3.17. The van der Waals surface area contributed by atoms with Crippen LogP contribution in [0, 0.1) is 5.92 Å². The van der Waals surface area contributed by atoms with Gasteiger partial charge in [0.05, 0.1) is 23.6 Å². The first kappa shape index (κ1) is 14.3. The van der Waals surface area contributed by atoms with Gasteiger partial charge >= 0.3 is 5.97 Å². The first-order chi connectivity index (χ1) is 10.3. The summed E-state index contributed by atoms with van der Waals surface area (Å²) < 4.78 is 10.2. The van der Waals surface area contributed by atoms with Crippen molar-refractivity contribution in [3.63, 3.8) is 0 Å². The second kappa shape index (κ2) is 6.41. The van der Waals surface area contributed by atoms with E-state index in [1.807, 2.05) is 23.6 Å². The molecule has 0 aliphatic carbocycles. The topological polar surface area (TPSA) is 55.6 Å². The Balaban J connectivity index is 1.62. The Bertz CT molecular complexity index is 594. The molecule has 0 N–H and O–H groups in total. The average molecular weight is 306 g/mol. The van der Waals surface area contributed by atoms with Crippen molar-refractivity contribution in [3.8, 4) is 10.6 Å². The fourth-order valence-corrected chi connectivity index (χ4v) is 3.38. The lowest BCUT2D eigenvalue weighted by atomic mass is 9.98. The van der Waals surface area contributed by atoms with Crippen LogP contribution >= 0.6 is 11.3 Å². The molecular weight excluding hydrogens is 288 g/mol. The summed E-state index contributed by atoms with van der Waals surface area (Å²) in [4.78, 5) is 15.0. The molecule has 2 aromatic rings. The van der Waals surface area contributed by atoms with Crippen LogP contribution in [0.3, 0.4) is 0 Å². The molecule has 1 fully saturated rings. The third-order valence-corrected chi connectivity index (χ3v) is 4.63. The molecule has 0 bridgehead atoms. The van der Waals surface area contributed by atoms with E-state index in [1.54, 1.807) is 11.3 Å². The largest absolute Gasteiger partial charge is 0.469 e. The molecule has 3 heterocycles. The van der Waals surface area contributed by atoms with E-state index in [0.717, 1.165) is 42.3 Å². The van der Waals surface area contributed by atoms with Crippen LogP contribution in [-0.4, -0.2) is 36.2 Å². The molecule has 1 saturated heterocycles. The number of piperidine rings is 1. The summed E-state index contributed by atoms with van der Waals surface area (Å²) in [7, 11) is 1.45. The highest BCUT2D eigenvalue weighted by molar-refractivity contribution is 7.13. The molecule has 0 radical (unpaired) electrons. The Labute approximate surface area is 127 Å². The quantitative estimate of drug-likeness (QED) is 0.813. The van der Waals surface area contributed by atoms with Crippen LogP contribution in [-0.2, 0) is 16.1 Å². The van der Waals surface area contributed by atoms with Crippen molar-refractivity contribution in [1.29, 1.82) is 0 Å². The number of nitrogens with zero attached hydrogens (tertiary/aromatic N) is 2. The molecule has 112 valence electrons. The van der Waals surface area contributed by atoms with E-state index in [1.165, 1.54) is 7.11 Å². The monoisotopic (exact) mass is 306 g/mol. The molecule has 0 unspecified atom stereocenters. The van der Waals surface area contributed by atoms with Gasteiger partial charge in [-0.05, 0) is 30.8 Å². The number of ether oxygens (including phenoxy) is 1. The van der Waals surface area contributed by atoms with Gasteiger partial charge in [-0.3, -0.25) is 9.69 Å². The number of rotatable bonds is 4. The SMILES string of the molecule is COC(=O)[C@H]1CCCN(Cc2cc(-c3cccs3)on2)C1. The van der Waals surface area contributed by atoms with Crippen LogP contribution < -0.4 is 0 Å². The fraction of sp³-hybridized carbons (Fsp3) is 0.467. The number of methoxy groups -OCH3 is 1. The maximum absolute atomic E-state index is 11.6. The third-order valence-electron chi connectivity index (χ3n) is 3.75. The second-order valence-electron chi connectivity index (χ2n) is 5.26. The number of carbonyl (C=O) groups is 1. The predicted octanol–water partition coefficient (Wildman–Crippen LogP) is 2.79. The van der Waals surface area contributed by atoms with Crippen LogP contribution in [0.5, 0.6) is 0 Å². The van der Waals surface area contributed by atoms with Crippen molar-refractivity contribution in [2.75, 3.05) is 20.2 Å². The Morgan fingerprint density at radius 3 is 3.29 bits per heavy atom. The van der Waals surface area contributed by atoms with Crippen molar-refractivity contribution >= 4 is 17.3 Å². The van der Waals surface area contributed by atoms with Gasteiger partial charge in [0, 0.05) is 19.2 Å². The Kier molecular flexibility index (Phi) is 4.36. The molecule has 0 saturated carbocycles. The molecule has 1 atom stereocenters. The molecule has 21 heavy (non-hydrogen) atoms. The Morgan fingerprint density at radius 2 is 2.52 bits per heavy atom. The van der Waals surface area contributed by atoms with Crippen molar-refractivity contribution in [2.45, 2.75) is 19.4 Å². The van der Waals surface area contributed by atoms with Gasteiger partial charge in [-0.15, -0.1) is 11.3 Å². The lowest BCUT2D eigenvalue weighted by Crippen LogP contribution is -2.38. The van der Waals surface area contributed by atoms with Gasteiger partial charge in [0.25, 0.3) is 0 Å². The van der Waals surface area contributed by atoms with Crippen molar-refractivity contribution in [3.05, 3.63) is 29.3 Å². The van der Waals surface area contributed by atoms with Gasteiger partial charge in [0.15, 0.2) is 5.76 Å². The summed E-state index contributed by atoms with van der Waals surface area (Å²) in [6.07, 6.45) is 1.91. The summed E-state index contributed by atoms with van der Waals surface area (Å²) >= 11 is 1.63. The zero-order valence-corrected chi connectivity index (χ0v) is 12.8. The zero-order chi connectivity index (χ0) is 14.7. The minimum atomic E-state index is -0.112. The van der Waals surface area contributed by atoms with Crippen LogP contribution in [0.15, 0.2) is 28.1 Å². The molecule has 2 aromatic heterocycles. The molecule has 0 aromatic carbocycles. The minimum absolute atomic E-state index is 0.0209. The van der Waals surface area contributed by atoms with E-state index >= 15 is 0 Å². The highest BCUT2D eigenvalue weighted by atomic mass is 32.1. The van der Waals surface area contributed by atoms with E-state index in [9.17, 15) is 4.79 Å². The van der Waals surface area contributed by atoms with E-state index < -0.39 is 0 Å². The minimum Gasteiger partial charge on any atom is -0.469 e. The highest BCUT2D eigenvalue weighted by Gasteiger charge is 2.26. The van der Waals surface area contributed by atoms with Gasteiger partial charge in [0.2, 0.25) is 0 Å². The zero-order valence-electron chi connectivity index (χ0n) is 11.9. The van der Waals surface area contributed by atoms with Gasteiger partial charge in [-0.1, -0.05) is 11.2 Å². The summed E-state index contributed by atoms with van der Waals surface area (Å²) in [6, 6.07) is 5.99. The number of hydrogen-bond donors (Lipinski definition) is 0. The van der Waals surface area contributed by atoms with E-state index in [2.05, 4.69) is 10.1 Å².